The zero-order chi connectivity index (χ0) is 24.9. The zero-order valence-corrected chi connectivity index (χ0v) is 18.4. The van der Waals surface area contributed by atoms with Crippen molar-refractivity contribution in [2.45, 2.75) is 24.7 Å². The van der Waals surface area contributed by atoms with Crippen molar-refractivity contribution in [2.75, 3.05) is 18.5 Å². The van der Waals surface area contributed by atoms with Gasteiger partial charge in [-0.05, 0) is 42.0 Å². The molecule has 1 aromatic heterocycles. The standard InChI is InChI=1S/C24H22F3N5O3/c25-24(26,27)18-4-1-2-5-19(18)30-17-9-7-16(8-10-17)14-28-22(34)23(11-13-35-15-23)31-21(33)20-6-3-12-29-32-20/h1-10,12,30H,11,13-15H2,(H,28,34)(H,31,33)/t23-/m0/s1. The number of hydrogen-bond acceptors (Lipinski definition) is 6. The van der Waals surface area contributed by atoms with Crippen LogP contribution in [0.3, 0.4) is 0 Å². The van der Waals surface area contributed by atoms with Crippen molar-refractivity contribution in [2.24, 2.45) is 0 Å². The van der Waals surface area contributed by atoms with Gasteiger partial charge in [-0.15, -0.1) is 5.10 Å². The smallest absolute Gasteiger partial charge is 0.378 e. The molecule has 1 saturated heterocycles. The minimum atomic E-state index is -4.48. The van der Waals surface area contributed by atoms with Crippen LogP contribution in [0.2, 0.25) is 0 Å². The van der Waals surface area contributed by atoms with Crippen molar-refractivity contribution < 1.29 is 27.5 Å². The summed E-state index contributed by atoms with van der Waals surface area (Å²) in [5, 5.41) is 15.7. The summed E-state index contributed by atoms with van der Waals surface area (Å²) in [6, 6.07) is 14.9. The zero-order valence-electron chi connectivity index (χ0n) is 18.4. The minimum Gasteiger partial charge on any atom is -0.378 e. The van der Waals surface area contributed by atoms with E-state index in [1.54, 1.807) is 30.3 Å². The van der Waals surface area contributed by atoms with Crippen LogP contribution in [0.15, 0.2) is 66.9 Å². The second-order valence-electron chi connectivity index (χ2n) is 8.00. The first kappa shape index (κ1) is 24.1. The van der Waals surface area contributed by atoms with E-state index in [0.717, 1.165) is 11.6 Å². The van der Waals surface area contributed by atoms with E-state index in [4.69, 9.17) is 4.74 Å². The number of aromatic nitrogens is 2. The molecule has 4 rings (SSSR count). The molecule has 2 aromatic carbocycles. The Morgan fingerprint density at radius 1 is 1.03 bits per heavy atom. The Kier molecular flexibility index (Phi) is 6.97. The molecule has 182 valence electrons. The monoisotopic (exact) mass is 485 g/mol. The average Bonchev–Trinajstić information content (AvgIpc) is 3.33. The van der Waals surface area contributed by atoms with Gasteiger partial charge in [0, 0.05) is 31.5 Å². The van der Waals surface area contributed by atoms with Crippen molar-refractivity contribution >= 4 is 23.2 Å². The number of carbonyl (C=O) groups is 2. The number of carbonyl (C=O) groups excluding carboxylic acids is 2. The van der Waals surface area contributed by atoms with Crippen LogP contribution in [0.4, 0.5) is 24.5 Å². The summed E-state index contributed by atoms with van der Waals surface area (Å²) in [6.45, 7) is 0.487. The Morgan fingerprint density at radius 3 is 2.46 bits per heavy atom. The molecule has 35 heavy (non-hydrogen) atoms. The van der Waals surface area contributed by atoms with Crippen molar-refractivity contribution in [1.29, 1.82) is 0 Å². The highest BCUT2D eigenvalue weighted by molar-refractivity contribution is 5.98. The topological polar surface area (TPSA) is 105 Å². The predicted molar refractivity (Wildman–Crippen MR) is 121 cm³/mol. The van der Waals surface area contributed by atoms with Gasteiger partial charge in [-0.25, -0.2) is 0 Å². The van der Waals surface area contributed by atoms with Gasteiger partial charge in [0.2, 0.25) is 5.91 Å². The maximum Gasteiger partial charge on any atom is 0.418 e. The highest BCUT2D eigenvalue weighted by Gasteiger charge is 2.44. The van der Waals surface area contributed by atoms with E-state index in [1.807, 2.05) is 0 Å². The third-order valence-electron chi connectivity index (χ3n) is 5.53. The molecule has 11 heteroatoms. The van der Waals surface area contributed by atoms with Crippen molar-refractivity contribution in [3.8, 4) is 0 Å². The van der Waals surface area contributed by atoms with E-state index < -0.39 is 29.1 Å². The number of halogens is 3. The van der Waals surface area contributed by atoms with Crippen molar-refractivity contribution in [1.82, 2.24) is 20.8 Å². The van der Waals surface area contributed by atoms with Crippen LogP contribution in [0.1, 0.15) is 28.0 Å². The summed E-state index contributed by atoms with van der Waals surface area (Å²) in [4.78, 5) is 25.5. The Bertz CT molecular complexity index is 1180. The molecule has 1 atom stereocenters. The predicted octanol–water partition coefficient (Wildman–Crippen LogP) is 3.44. The normalized spacial score (nSPS) is 17.6. The molecule has 0 spiro atoms. The van der Waals surface area contributed by atoms with Crippen LogP contribution in [-0.4, -0.2) is 40.8 Å². The van der Waals surface area contributed by atoms with Crippen LogP contribution in [0.5, 0.6) is 0 Å². The van der Waals surface area contributed by atoms with Gasteiger partial charge >= 0.3 is 6.18 Å². The van der Waals surface area contributed by atoms with Gasteiger partial charge in [-0.1, -0.05) is 24.3 Å². The molecule has 1 aliphatic heterocycles. The van der Waals surface area contributed by atoms with Gasteiger partial charge in [0.1, 0.15) is 5.54 Å². The second kappa shape index (κ2) is 10.1. The summed E-state index contributed by atoms with van der Waals surface area (Å²) < 4.78 is 45.0. The molecule has 0 bridgehead atoms. The molecule has 2 heterocycles. The molecule has 0 radical (unpaired) electrons. The number of nitrogens with one attached hydrogen (secondary N) is 3. The van der Waals surface area contributed by atoms with Gasteiger partial charge in [0.05, 0.1) is 17.9 Å². The Labute approximate surface area is 198 Å². The molecule has 8 nitrogen and oxygen atoms in total. The summed E-state index contributed by atoms with van der Waals surface area (Å²) in [6.07, 6.45) is -2.74. The fourth-order valence-corrected chi connectivity index (χ4v) is 3.66. The Morgan fingerprint density at radius 2 is 1.80 bits per heavy atom. The average molecular weight is 485 g/mol. The van der Waals surface area contributed by atoms with Gasteiger partial charge in [-0.2, -0.15) is 18.3 Å². The number of para-hydroxylation sites is 1. The number of alkyl halides is 3. The molecule has 3 aromatic rings. The van der Waals surface area contributed by atoms with Crippen molar-refractivity contribution in [3.05, 3.63) is 83.7 Å². The lowest BCUT2D eigenvalue weighted by Crippen LogP contribution is -2.59. The summed E-state index contributed by atoms with van der Waals surface area (Å²) in [7, 11) is 0. The quantitative estimate of drug-likeness (QED) is 0.474. The first-order chi connectivity index (χ1) is 16.8. The van der Waals surface area contributed by atoms with Crippen LogP contribution >= 0.6 is 0 Å². The summed E-state index contributed by atoms with van der Waals surface area (Å²) in [5.74, 6) is -0.943. The fraction of sp³-hybridized carbons (Fsp3) is 0.250. The highest BCUT2D eigenvalue weighted by atomic mass is 19.4. The van der Waals surface area contributed by atoms with Gasteiger partial charge in [0.25, 0.3) is 5.91 Å². The minimum absolute atomic E-state index is 0.0201. The number of amides is 2. The molecule has 2 amide bonds. The number of nitrogens with zero attached hydrogens (tertiary/aromatic N) is 2. The molecule has 0 aliphatic carbocycles. The van der Waals surface area contributed by atoms with E-state index in [1.165, 1.54) is 30.5 Å². The first-order valence-corrected chi connectivity index (χ1v) is 10.8. The molecule has 0 unspecified atom stereocenters. The first-order valence-electron chi connectivity index (χ1n) is 10.8. The Hall–Kier alpha value is -3.99. The second-order valence-corrected chi connectivity index (χ2v) is 8.00. The third kappa shape index (κ3) is 5.75. The number of ether oxygens (including phenoxy) is 1. The van der Waals surface area contributed by atoms with E-state index in [-0.39, 0.29) is 24.5 Å². The number of rotatable bonds is 7. The molecule has 0 saturated carbocycles. The van der Waals surface area contributed by atoms with Crippen LogP contribution in [0.25, 0.3) is 0 Å². The lowest BCUT2D eigenvalue weighted by molar-refractivity contribution is -0.137. The highest BCUT2D eigenvalue weighted by Crippen LogP contribution is 2.35. The number of benzene rings is 2. The SMILES string of the molecule is O=C(N[C@@]1(C(=O)NCc2ccc(Nc3ccccc3C(F)(F)F)cc2)CCOC1)c1cccnn1. The van der Waals surface area contributed by atoms with Gasteiger partial charge in [-0.3, -0.25) is 9.59 Å². The maximum absolute atomic E-state index is 13.2. The molecule has 1 aliphatic rings. The van der Waals surface area contributed by atoms with E-state index >= 15 is 0 Å². The van der Waals surface area contributed by atoms with Crippen LogP contribution in [0, 0.1) is 0 Å². The number of hydrogen-bond donors (Lipinski definition) is 3. The van der Waals surface area contributed by atoms with E-state index in [2.05, 4.69) is 26.1 Å². The fourth-order valence-electron chi connectivity index (χ4n) is 3.66. The van der Waals surface area contributed by atoms with Crippen LogP contribution in [-0.2, 0) is 22.3 Å². The van der Waals surface area contributed by atoms with E-state index in [0.29, 0.717) is 18.7 Å². The van der Waals surface area contributed by atoms with Crippen LogP contribution < -0.4 is 16.0 Å². The maximum atomic E-state index is 13.2. The number of anilines is 2. The molecular formula is C24H22F3N5O3. The van der Waals surface area contributed by atoms with Crippen molar-refractivity contribution in [3.63, 3.8) is 0 Å². The van der Waals surface area contributed by atoms with Gasteiger partial charge < -0.3 is 20.7 Å². The third-order valence-corrected chi connectivity index (χ3v) is 5.53. The molecule has 1 fully saturated rings. The summed E-state index contributed by atoms with van der Waals surface area (Å²) >= 11 is 0. The molecular weight excluding hydrogens is 463 g/mol. The summed E-state index contributed by atoms with van der Waals surface area (Å²) in [5.41, 5.74) is -0.776. The largest absolute Gasteiger partial charge is 0.418 e. The lowest BCUT2D eigenvalue weighted by Gasteiger charge is -2.27. The molecule has 3 N–H and O–H groups in total. The van der Waals surface area contributed by atoms with E-state index in [9.17, 15) is 22.8 Å². The van der Waals surface area contributed by atoms with Gasteiger partial charge in [0.15, 0.2) is 5.69 Å². The Balaban J connectivity index is 1.38. The lowest BCUT2D eigenvalue weighted by atomic mass is 9.96.